The minimum Gasteiger partial charge on any atom is -0.494 e. The topological polar surface area (TPSA) is 66.0 Å². The largest absolute Gasteiger partial charge is 0.494 e. The molecular weight excluding hydrogens is 288 g/mol. The van der Waals surface area contributed by atoms with Crippen LogP contribution in [-0.2, 0) is 19.5 Å². The average Bonchev–Trinajstić information content (AvgIpc) is 2.94. The van der Waals surface area contributed by atoms with E-state index in [-0.39, 0.29) is 0 Å². The molecule has 2 N–H and O–H groups in total. The van der Waals surface area contributed by atoms with Gasteiger partial charge in [-0.05, 0) is 50.3 Å². The molecule has 1 aromatic heterocycles. The third kappa shape index (κ3) is 5.36. The fourth-order valence-corrected chi connectivity index (χ4v) is 2.58. The quantitative estimate of drug-likeness (QED) is 0.683. The van der Waals surface area contributed by atoms with Crippen LogP contribution in [0.1, 0.15) is 49.6 Å². The van der Waals surface area contributed by atoms with Gasteiger partial charge < -0.3 is 10.5 Å². The van der Waals surface area contributed by atoms with Crippen molar-refractivity contribution in [3.8, 4) is 5.75 Å². The van der Waals surface area contributed by atoms with E-state index in [1.807, 2.05) is 16.8 Å². The Balaban J connectivity index is 1.76. The van der Waals surface area contributed by atoms with Gasteiger partial charge in [0.1, 0.15) is 5.75 Å². The van der Waals surface area contributed by atoms with Crippen molar-refractivity contribution in [1.82, 2.24) is 15.0 Å². The highest BCUT2D eigenvalue weighted by atomic mass is 16.5. The van der Waals surface area contributed by atoms with Crippen LogP contribution in [0.2, 0.25) is 0 Å². The molecule has 126 valence electrons. The first-order chi connectivity index (χ1) is 11.2. The van der Waals surface area contributed by atoms with Crippen molar-refractivity contribution in [3.63, 3.8) is 0 Å². The molecule has 5 heteroatoms. The van der Waals surface area contributed by atoms with Gasteiger partial charge in [-0.1, -0.05) is 30.7 Å². The Hall–Kier alpha value is -1.88. The van der Waals surface area contributed by atoms with Crippen LogP contribution in [0, 0.1) is 6.92 Å². The van der Waals surface area contributed by atoms with Crippen LogP contribution in [-0.4, -0.2) is 21.6 Å². The fourth-order valence-electron chi connectivity index (χ4n) is 2.58. The number of aryl methyl sites for hydroxylation is 2. The molecule has 1 aromatic carbocycles. The zero-order valence-electron chi connectivity index (χ0n) is 14.3. The Morgan fingerprint density at radius 3 is 2.83 bits per heavy atom. The molecule has 0 aliphatic carbocycles. The average molecular weight is 316 g/mol. The molecule has 0 spiro atoms. The van der Waals surface area contributed by atoms with Gasteiger partial charge in [-0.25, -0.2) is 4.68 Å². The van der Waals surface area contributed by atoms with Gasteiger partial charge in [0, 0.05) is 13.1 Å². The number of hydrogen-bond acceptors (Lipinski definition) is 4. The molecule has 1 heterocycles. The number of benzene rings is 1. The van der Waals surface area contributed by atoms with Crippen molar-refractivity contribution >= 4 is 0 Å². The first-order valence-electron chi connectivity index (χ1n) is 8.55. The first-order valence-corrected chi connectivity index (χ1v) is 8.55. The van der Waals surface area contributed by atoms with E-state index in [1.165, 1.54) is 17.7 Å². The molecule has 0 radical (unpaired) electrons. The first kappa shape index (κ1) is 17.5. The van der Waals surface area contributed by atoms with Gasteiger partial charge in [0.2, 0.25) is 0 Å². The number of unbranched alkanes of at least 4 members (excludes halogenated alkanes) is 2. The van der Waals surface area contributed by atoms with Crippen molar-refractivity contribution in [1.29, 1.82) is 0 Å². The number of aromatic nitrogens is 3. The van der Waals surface area contributed by atoms with E-state index < -0.39 is 0 Å². The molecule has 0 aliphatic heterocycles. The van der Waals surface area contributed by atoms with E-state index >= 15 is 0 Å². The maximum atomic E-state index is 5.78. The van der Waals surface area contributed by atoms with Crippen molar-refractivity contribution in [3.05, 3.63) is 41.2 Å². The maximum absolute atomic E-state index is 5.78. The van der Waals surface area contributed by atoms with Crippen LogP contribution >= 0.6 is 0 Å². The van der Waals surface area contributed by atoms with Crippen LogP contribution in [0.3, 0.4) is 0 Å². The van der Waals surface area contributed by atoms with Crippen molar-refractivity contribution in [2.45, 2.75) is 59.0 Å². The zero-order valence-corrected chi connectivity index (χ0v) is 14.3. The maximum Gasteiger partial charge on any atom is 0.119 e. The molecule has 0 atom stereocenters. The third-order valence-electron chi connectivity index (χ3n) is 3.90. The molecule has 2 aromatic rings. The Labute approximate surface area is 138 Å². The summed E-state index contributed by atoms with van der Waals surface area (Å²) in [4.78, 5) is 0. The number of rotatable bonds is 10. The molecule has 0 saturated carbocycles. The van der Waals surface area contributed by atoms with Crippen LogP contribution < -0.4 is 10.5 Å². The van der Waals surface area contributed by atoms with Gasteiger partial charge in [-0.15, -0.1) is 5.10 Å². The summed E-state index contributed by atoms with van der Waals surface area (Å²) >= 11 is 0. The third-order valence-corrected chi connectivity index (χ3v) is 3.90. The van der Waals surface area contributed by atoms with E-state index in [0.717, 1.165) is 50.3 Å². The number of nitrogens with two attached hydrogens (primary N) is 1. The lowest BCUT2D eigenvalue weighted by atomic mass is 10.1. The summed E-state index contributed by atoms with van der Waals surface area (Å²) in [5.41, 5.74) is 9.12. The van der Waals surface area contributed by atoms with Crippen molar-refractivity contribution in [2.24, 2.45) is 5.73 Å². The minimum atomic E-state index is 0.468. The number of hydrogen-bond donors (Lipinski definition) is 1. The van der Waals surface area contributed by atoms with Crippen LogP contribution in [0.5, 0.6) is 5.75 Å². The highest BCUT2D eigenvalue weighted by molar-refractivity contribution is 5.27. The molecular formula is C18H28N4O. The Morgan fingerprint density at radius 2 is 2.09 bits per heavy atom. The van der Waals surface area contributed by atoms with Crippen LogP contribution in [0.15, 0.2) is 24.3 Å². The van der Waals surface area contributed by atoms with E-state index in [9.17, 15) is 0 Å². The second-order valence-electron chi connectivity index (χ2n) is 5.89. The molecule has 0 fully saturated rings. The van der Waals surface area contributed by atoms with Crippen molar-refractivity contribution in [2.75, 3.05) is 6.61 Å². The normalized spacial score (nSPS) is 10.9. The van der Waals surface area contributed by atoms with E-state index in [1.54, 1.807) is 0 Å². The predicted molar refractivity (Wildman–Crippen MR) is 92.4 cm³/mol. The number of nitrogens with zero attached hydrogens (tertiary/aromatic N) is 3. The summed E-state index contributed by atoms with van der Waals surface area (Å²) in [7, 11) is 0. The Bertz CT molecular complexity index is 594. The molecule has 0 saturated heterocycles. The molecule has 5 nitrogen and oxygen atoms in total. The van der Waals surface area contributed by atoms with E-state index in [2.05, 4.69) is 36.3 Å². The number of ether oxygens (including phenoxy) is 1. The highest BCUT2D eigenvalue weighted by Gasteiger charge is 2.10. The van der Waals surface area contributed by atoms with Crippen LogP contribution in [0.4, 0.5) is 0 Å². The summed E-state index contributed by atoms with van der Waals surface area (Å²) in [5.74, 6) is 0.944. The van der Waals surface area contributed by atoms with Gasteiger partial charge >= 0.3 is 0 Å². The van der Waals surface area contributed by atoms with E-state index in [0.29, 0.717) is 6.54 Å². The van der Waals surface area contributed by atoms with Gasteiger partial charge in [0.05, 0.1) is 18.0 Å². The summed E-state index contributed by atoms with van der Waals surface area (Å²) in [6, 6.07) is 8.16. The van der Waals surface area contributed by atoms with Crippen molar-refractivity contribution < 1.29 is 4.74 Å². The minimum absolute atomic E-state index is 0.468. The molecule has 0 bridgehead atoms. The van der Waals surface area contributed by atoms with Crippen LogP contribution in [0.25, 0.3) is 0 Å². The van der Waals surface area contributed by atoms with E-state index in [4.69, 9.17) is 10.5 Å². The summed E-state index contributed by atoms with van der Waals surface area (Å²) < 4.78 is 7.80. The Kier molecular flexibility index (Phi) is 7.07. The predicted octanol–water partition coefficient (Wildman–Crippen LogP) is 3.25. The van der Waals surface area contributed by atoms with Gasteiger partial charge in [-0.2, -0.15) is 0 Å². The lowest BCUT2D eigenvalue weighted by Crippen LogP contribution is -2.09. The monoisotopic (exact) mass is 316 g/mol. The summed E-state index contributed by atoms with van der Waals surface area (Å²) in [6.45, 7) is 6.34. The van der Waals surface area contributed by atoms with Gasteiger partial charge in [0.25, 0.3) is 0 Å². The second-order valence-corrected chi connectivity index (χ2v) is 5.89. The summed E-state index contributed by atoms with van der Waals surface area (Å²) in [6.07, 6.45) is 5.35. The SMILES string of the molecule is CCCCc1c(CN)nnn1CCCCOc1cccc(C)c1. The van der Waals surface area contributed by atoms with Gasteiger partial charge in [-0.3, -0.25) is 0 Å². The zero-order chi connectivity index (χ0) is 16.5. The summed E-state index contributed by atoms with van der Waals surface area (Å²) in [5, 5.41) is 8.45. The lowest BCUT2D eigenvalue weighted by Gasteiger charge is -2.09. The fraction of sp³-hybridized carbons (Fsp3) is 0.556. The second kappa shape index (κ2) is 9.30. The lowest BCUT2D eigenvalue weighted by molar-refractivity contribution is 0.301. The standard InChI is InChI=1S/C18H28N4O/c1-3-4-10-18-17(14-19)20-21-22(18)11-5-6-12-23-16-9-7-8-15(2)13-16/h7-9,13H,3-6,10-12,14,19H2,1-2H3. The molecule has 0 aliphatic rings. The molecule has 0 unspecified atom stereocenters. The Morgan fingerprint density at radius 1 is 1.22 bits per heavy atom. The smallest absolute Gasteiger partial charge is 0.119 e. The molecule has 2 rings (SSSR count). The molecule has 23 heavy (non-hydrogen) atoms. The highest BCUT2D eigenvalue weighted by Crippen LogP contribution is 2.13. The molecule has 0 amide bonds. The van der Waals surface area contributed by atoms with Gasteiger partial charge in [0.15, 0.2) is 0 Å².